The van der Waals surface area contributed by atoms with E-state index in [-0.39, 0.29) is 11.7 Å². The van der Waals surface area contributed by atoms with Gasteiger partial charge in [0, 0.05) is 12.3 Å². The van der Waals surface area contributed by atoms with Crippen molar-refractivity contribution < 1.29 is 9.72 Å². The van der Waals surface area contributed by atoms with Crippen molar-refractivity contribution in [3.63, 3.8) is 0 Å². The van der Waals surface area contributed by atoms with Crippen LogP contribution in [0.4, 0.5) is 11.6 Å². The van der Waals surface area contributed by atoms with Gasteiger partial charge < -0.3 is 15.4 Å². The number of carbonyl (C=O) groups is 1. The average Bonchev–Trinajstić information content (AvgIpc) is 3.23. The van der Waals surface area contributed by atoms with E-state index in [0.29, 0.717) is 18.1 Å². The summed E-state index contributed by atoms with van der Waals surface area (Å²) < 4.78 is 3.06. The largest absolute Gasteiger partial charge is 0.390 e. The van der Waals surface area contributed by atoms with Crippen LogP contribution in [0.1, 0.15) is 29.8 Å². The van der Waals surface area contributed by atoms with Crippen molar-refractivity contribution in [3.05, 3.63) is 69.5 Å². The molecular formula is C18H20N6O3. The predicted octanol–water partition coefficient (Wildman–Crippen LogP) is 2.85. The molecule has 9 nitrogen and oxygen atoms in total. The molecule has 3 aromatic rings. The molecule has 0 saturated heterocycles. The van der Waals surface area contributed by atoms with Crippen molar-refractivity contribution in [1.82, 2.24) is 19.6 Å². The van der Waals surface area contributed by atoms with Crippen LogP contribution >= 0.6 is 0 Å². The van der Waals surface area contributed by atoms with E-state index in [1.807, 2.05) is 31.2 Å². The van der Waals surface area contributed by atoms with E-state index in [9.17, 15) is 14.9 Å². The monoisotopic (exact) mass is 368 g/mol. The summed E-state index contributed by atoms with van der Waals surface area (Å²) in [6.07, 6.45) is 1.78. The van der Waals surface area contributed by atoms with Crippen molar-refractivity contribution in [1.29, 1.82) is 0 Å². The van der Waals surface area contributed by atoms with Crippen LogP contribution in [0.3, 0.4) is 0 Å². The molecule has 0 saturated carbocycles. The van der Waals surface area contributed by atoms with Gasteiger partial charge in [0.2, 0.25) is 0 Å². The Bertz CT molecular complexity index is 973. The number of amides is 1. The second-order valence-electron chi connectivity index (χ2n) is 6.39. The van der Waals surface area contributed by atoms with Gasteiger partial charge in [-0.15, -0.1) is 0 Å². The molecule has 1 aromatic carbocycles. The summed E-state index contributed by atoms with van der Waals surface area (Å²) in [4.78, 5) is 22.7. The number of nitrogens with one attached hydrogen (secondary N) is 1. The first-order valence-electron chi connectivity index (χ1n) is 8.44. The van der Waals surface area contributed by atoms with E-state index in [0.717, 1.165) is 5.56 Å². The SMILES string of the molecule is Cc1ccc(Cn2ccc(NC(=O)C(C)n3nc([N+](=O)[O-])cc3C)n2)cc1. The van der Waals surface area contributed by atoms with Crippen LogP contribution in [0.15, 0.2) is 42.6 Å². The molecule has 0 fully saturated rings. The number of benzene rings is 1. The van der Waals surface area contributed by atoms with Gasteiger partial charge in [0.15, 0.2) is 5.82 Å². The highest BCUT2D eigenvalue weighted by molar-refractivity contribution is 5.92. The molecule has 1 atom stereocenters. The molecule has 27 heavy (non-hydrogen) atoms. The van der Waals surface area contributed by atoms with Crippen molar-refractivity contribution in [3.8, 4) is 0 Å². The molecule has 3 rings (SSSR count). The predicted molar refractivity (Wildman–Crippen MR) is 99.5 cm³/mol. The topological polar surface area (TPSA) is 108 Å². The van der Waals surface area contributed by atoms with E-state index in [4.69, 9.17) is 0 Å². The first kappa shape index (κ1) is 18.3. The standard InChI is InChI=1S/C18H20N6O3/c1-12-4-6-15(7-5-12)11-22-9-8-16(20-22)19-18(25)14(3)23-13(2)10-17(21-23)24(26)27/h4-10,14H,11H2,1-3H3,(H,19,20,25). The Morgan fingerprint density at radius 1 is 1.22 bits per heavy atom. The molecule has 0 aliphatic heterocycles. The number of hydrogen-bond acceptors (Lipinski definition) is 5. The van der Waals surface area contributed by atoms with Gasteiger partial charge in [-0.2, -0.15) is 9.78 Å². The van der Waals surface area contributed by atoms with Gasteiger partial charge in [-0.1, -0.05) is 29.8 Å². The highest BCUT2D eigenvalue weighted by atomic mass is 16.6. The van der Waals surface area contributed by atoms with Crippen LogP contribution in [0.2, 0.25) is 0 Å². The number of aryl methyl sites for hydroxylation is 2. The van der Waals surface area contributed by atoms with Crippen molar-refractivity contribution in [2.24, 2.45) is 0 Å². The molecule has 9 heteroatoms. The number of anilines is 1. The van der Waals surface area contributed by atoms with E-state index in [1.54, 1.807) is 30.8 Å². The maximum Gasteiger partial charge on any atom is 0.390 e. The number of rotatable bonds is 6. The van der Waals surface area contributed by atoms with Gasteiger partial charge >= 0.3 is 5.82 Å². The molecule has 2 heterocycles. The fraction of sp³-hybridized carbons (Fsp3) is 0.278. The Hall–Kier alpha value is -3.49. The molecule has 0 bridgehead atoms. The Morgan fingerprint density at radius 2 is 1.93 bits per heavy atom. The molecule has 0 spiro atoms. The molecule has 1 unspecified atom stereocenters. The summed E-state index contributed by atoms with van der Waals surface area (Å²) >= 11 is 0. The lowest BCUT2D eigenvalue weighted by Gasteiger charge is -2.10. The molecule has 1 N–H and O–H groups in total. The number of nitrogens with zero attached hydrogens (tertiary/aromatic N) is 5. The third kappa shape index (κ3) is 4.20. The Labute approximate surface area is 155 Å². The summed E-state index contributed by atoms with van der Waals surface area (Å²) in [5.74, 6) is -0.218. The highest BCUT2D eigenvalue weighted by Gasteiger charge is 2.25. The minimum atomic E-state index is -0.707. The smallest absolute Gasteiger partial charge is 0.358 e. The first-order valence-corrected chi connectivity index (χ1v) is 8.44. The van der Waals surface area contributed by atoms with Crippen LogP contribution < -0.4 is 5.32 Å². The van der Waals surface area contributed by atoms with Gasteiger partial charge in [0.05, 0.1) is 23.4 Å². The fourth-order valence-electron chi connectivity index (χ4n) is 2.69. The summed E-state index contributed by atoms with van der Waals surface area (Å²) in [7, 11) is 0. The Morgan fingerprint density at radius 3 is 2.56 bits per heavy atom. The number of aromatic nitrogens is 4. The van der Waals surface area contributed by atoms with Crippen LogP contribution in [0.25, 0.3) is 0 Å². The molecule has 2 aromatic heterocycles. The third-order valence-electron chi connectivity index (χ3n) is 4.20. The number of hydrogen-bond donors (Lipinski definition) is 1. The maximum atomic E-state index is 12.5. The molecule has 1 amide bonds. The molecule has 0 aliphatic rings. The maximum absolute atomic E-state index is 12.5. The second-order valence-corrected chi connectivity index (χ2v) is 6.39. The molecular weight excluding hydrogens is 348 g/mol. The summed E-state index contributed by atoms with van der Waals surface area (Å²) in [5, 5.41) is 21.8. The zero-order chi connectivity index (χ0) is 19.6. The van der Waals surface area contributed by atoms with Gasteiger partial charge in [-0.3, -0.25) is 9.48 Å². The van der Waals surface area contributed by atoms with Crippen molar-refractivity contribution >= 4 is 17.5 Å². The number of nitro groups is 1. The van der Waals surface area contributed by atoms with Gasteiger partial charge in [0.1, 0.15) is 6.04 Å². The van der Waals surface area contributed by atoms with Crippen LogP contribution in [-0.2, 0) is 11.3 Å². The average molecular weight is 368 g/mol. The zero-order valence-corrected chi connectivity index (χ0v) is 15.3. The number of carbonyl (C=O) groups excluding carboxylic acids is 1. The van der Waals surface area contributed by atoms with Crippen LogP contribution in [0.5, 0.6) is 0 Å². The first-order chi connectivity index (χ1) is 12.8. The van der Waals surface area contributed by atoms with Gasteiger partial charge in [0.25, 0.3) is 5.91 Å². The Balaban J connectivity index is 1.66. The summed E-state index contributed by atoms with van der Waals surface area (Å²) in [6, 6.07) is 10.5. The normalized spacial score (nSPS) is 12.0. The molecule has 0 radical (unpaired) electrons. The highest BCUT2D eigenvalue weighted by Crippen LogP contribution is 2.17. The fourth-order valence-corrected chi connectivity index (χ4v) is 2.69. The van der Waals surface area contributed by atoms with Crippen molar-refractivity contribution in [2.75, 3.05) is 5.32 Å². The Kier molecular flexibility index (Phi) is 5.02. The van der Waals surface area contributed by atoms with Crippen LogP contribution in [-0.4, -0.2) is 30.4 Å². The van der Waals surface area contributed by atoms with E-state index in [1.165, 1.54) is 16.3 Å². The summed E-state index contributed by atoms with van der Waals surface area (Å²) in [5.41, 5.74) is 2.83. The third-order valence-corrected chi connectivity index (χ3v) is 4.20. The lowest BCUT2D eigenvalue weighted by Crippen LogP contribution is -2.25. The minimum absolute atomic E-state index is 0.283. The quantitative estimate of drug-likeness (QED) is 0.532. The molecule has 140 valence electrons. The van der Waals surface area contributed by atoms with E-state index >= 15 is 0 Å². The van der Waals surface area contributed by atoms with Gasteiger partial charge in [-0.25, -0.2) is 0 Å². The van der Waals surface area contributed by atoms with E-state index in [2.05, 4.69) is 15.5 Å². The molecule has 0 aliphatic carbocycles. The van der Waals surface area contributed by atoms with Crippen LogP contribution in [0, 0.1) is 24.0 Å². The lowest BCUT2D eigenvalue weighted by molar-refractivity contribution is -0.389. The van der Waals surface area contributed by atoms with Crippen molar-refractivity contribution in [2.45, 2.75) is 33.4 Å². The van der Waals surface area contributed by atoms with Gasteiger partial charge in [-0.05, 0) is 31.3 Å². The zero-order valence-electron chi connectivity index (χ0n) is 15.3. The summed E-state index contributed by atoms with van der Waals surface area (Å²) in [6.45, 7) is 5.92. The minimum Gasteiger partial charge on any atom is -0.358 e. The van der Waals surface area contributed by atoms with E-state index < -0.39 is 11.0 Å². The lowest BCUT2D eigenvalue weighted by atomic mass is 10.1. The second kappa shape index (κ2) is 7.40.